The summed E-state index contributed by atoms with van der Waals surface area (Å²) in [5, 5.41) is 3.01. The topological polar surface area (TPSA) is 55.1 Å². The molecule has 0 saturated heterocycles. The Kier molecular flexibility index (Phi) is 5.96. The normalized spacial score (nSPS) is 14.2. The first-order valence-electron chi connectivity index (χ1n) is 6.75. The Bertz CT molecular complexity index is 399. The molecule has 0 aliphatic rings. The molecule has 1 amide bonds. The number of carbonyl (C=O) groups excluding carboxylic acids is 1. The Hall–Kier alpha value is -1.42. The highest BCUT2D eigenvalue weighted by Gasteiger charge is 2.22. The molecule has 0 radical (unpaired) electrons. The van der Waals surface area contributed by atoms with Crippen molar-refractivity contribution in [1.29, 1.82) is 0 Å². The van der Waals surface area contributed by atoms with Gasteiger partial charge in [-0.25, -0.2) is 4.39 Å². The zero-order valence-electron chi connectivity index (χ0n) is 11.8. The fraction of sp³-hybridized carbons (Fsp3) is 0.533. The molecule has 3 nitrogen and oxygen atoms in total. The van der Waals surface area contributed by atoms with Crippen LogP contribution in [0.1, 0.15) is 38.8 Å². The molecule has 0 aliphatic heterocycles. The highest BCUT2D eigenvalue weighted by atomic mass is 19.1. The molecule has 0 aromatic heterocycles. The van der Waals surface area contributed by atoms with Gasteiger partial charge in [-0.3, -0.25) is 4.79 Å². The molecule has 19 heavy (non-hydrogen) atoms. The first kappa shape index (κ1) is 15.6. The summed E-state index contributed by atoms with van der Waals surface area (Å²) >= 11 is 0. The predicted octanol–water partition coefficient (Wildman–Crippen LogP) is 2.62. The molecule has 4 heteroatoms. The smallest absolute Gasteiger partial charge is 0.224 e. The summed E-state index contributed by atoms with van der Waals surface area (Å²) in [7, 11) is 0. The molecule has 0 saturated carbocycles. The lowest BCUT2D eigenvalue weighted by molar-refractivity contribution is -0.125. The van der Waals surface area contributed by atoms with Gasteiger partial charge in [-0.2, -0.15) is 0 Å². The van der Waals surface area contributed by atoms with E-state index in [-0.39, 0.29) is 29.6 Å². The van der Waals surface area contributed by atoms with Gasteiger partial charge in [-0.05, 0) is 30.0 Å². The number of hydrogen-bond acceptors (Lipinski definition) is 2. The van der Waals surface area contributed by atoms with Gasteiger partial charge >= 0.3 is 0 Å². The number of halogens is 1. The van der Waals surface area contributed by atoms with Crippen LogP contribution in [0.15, 0.2) is 24.3 Å². The molecule has 2 unspecified atom stereocenters. The minimum Gasteiger partial charge on any atom is -0.349 e. The summed E-state index contributed by atoms with van der Waals surface area (Å²) in [6.45, 7) is 6.34. The zero-order chi connectivity index (χ0) is 14.4. The lowest BCUT2D eigenvalue weighted by Crippen LogP contribution is -2.38. The lowest BCUT2D eigenvalue weighted by Gasteiger charge is -2.25. The van der Waals surface area contributed by atoms with Gasteiger partial charge < -0.3 is 11.1 Å². The van der Waals surface area contributed by atoms with Crippen LogP contribution < -0.4 is 11.1 Å². The number of nitrogens with one attached hydrogen (secondary N) is 1. The third kappa shape index (κ3) is 4.31. The van der Waals surface area contributed by atoms with Gasteiger partial charge in [0.2, 0.25) is 5.91 Å². The van der Waals surface area contributed by atoms with E-state index in [1.54, 1.807) is 12.1 Å². The minimum absolute atomic E-state index is 0.0342. The van der Waals surface area contributed by atoms with Crippen molar-refractivity contribution in [1.82, 2.24) is 5.32 Å². The number of nitrogens with two attached hydrogens (primary N) is 1. The van der Waals surface area contributed by atoms with Gasteiger partial charge in [0.25, 0.3) is 0 Å². The average molecular weight is 266 g/mol. The van der Waals surface area contributed by atoms with Gasteiger partial charge in [0.1, 0.15) is 5.82 Å². The maximum atomic E-state index is 12.9. The predicted molar refractivity (Wildman–Crippen MR) is 75.0 cm³/mol. The number of amides is 1. The third-order valence-corrected chi connectivity index (χ3v) is 3.34. The van der Waals surface area contributed by atoms with Gasteiger partial charge in [0.05, 0.1) is 6.04 Å². The second-order valence-electron chi connectivity index (χ2n) is 5.12. The third-order valence-electron chi connectivity index (χ3n) is 3.34. The Morgan fingerprint density at radius 2 is 1.89 bits per heavy atom. The van der Waals surface area contributed by atoms with Crippen LogP contribution in [0.5, 0.6) is 0 Å². The summed E-state index contributed by atoms with van der Waals surface area (Å²) in [5.74, 6) is -0.245. The summed E-state index contributed by atoms with van der Waals surface area (Å²) < 4.78 is 12.9. The summed E-state index contributed by atoms with van der Waals surface area (Å²) in [6.07, 6.45) is 0.719. The number of benzene rings is 1. The van der Waals surface area contributed by atoms with Crippen molar-refractivity contribution in [2.45, 2.75) is 33.2 Å². The highest BCUT2D eigenvalue weighted by molar-refractivity contribution is 5.79. The Morgan fingerprint density at radius 3 is 2.32 bits per heavy atom. The van der Waals surface area contributed by atoms with E-state index < -0.39 is 0 Å². The van der Waals surface area contributed by atoms with Crippen molar-refractivity contribution in [3.05, 3.63) is 35.6 Å². The molecule has 0 spiro atoms. The van der Waals surface area contributed by atoms with Crippen molar-refractivity contribution in [2.24, 2.45) is 17.6 Å². The van der Waals surface area contributed by atoms with E-state index in [9.17, 15) is 9.18 Å². The monoisotopic (exact) mass is 266 g/mol. The summed E-state index contributed by atoms with van der Waals surface area (Å²) in [4.78, 5) is 12.1. The molecule has 0 bridgehead atoms. The molecule has 3 N–H and O–H groups in total. The van der Waals surface area contributed by atoms with Crippen LogP contribution in [0.4, 0.5) is 4.39 Å². The Balaban J connectivity index is 2.84. The van der Waals surface area contributed by atoms with Crippen LogP contribution in [0, 0.1) is 17.7 Å². The molecular formula is C15H23FN2O. The quantitative estimate of drug-likeness (QED) is 0.831. The summed E-state index contributed by atoms with van der Waals surface area (Å²) in [5.41, 5.74) is 6.50. The van der Waals surface area contributed by atoms with Gasteiger partial charge in [-0.15, -0.1) is 0 Å². The highest BCUT2D eigenvalue weighted by Crippen LogP contribution is 2.22. The molecule has 1 aromatic carbocycles. The van der Waals surface area contributed by atoms with Crippen LogP contribution in [-0.4, -0.2) is 12.5 Å². The maximum Gasteiger partial charge on any atom is 0.224 e. The van der Waals surface area contributed by atoms with E-state index in [2.05, 4.69) is 5.32 Å². The molecule has 1 rings (SSSR count). The second kappa shape index (κ2) is 7.24. The van der Waals surface area contributed by atoms with E-state index in [0.29, 0.717) is 6.54 Å². The van der Waals surface area contributed by atoms with Crippen LogP contribution in [0.2, 0.25) is 0 Å². The van der Waals surface area contributed by atoms with Crippen LogP contribution in [-0.2, 0) is 4.79 Å². The SMILES string of the molecule is CCC(CN)C(=O)NC(c1ccc(F)cc1)C(C)C. The Labute approximate surface area is 114 Å². The second-order valence-corrected chi connectivity index (χ2v) is 5.12. The molecule has 0 aliphatic carbocycles. The van der Waals surface area contributed by atoms with Crippen LogP contribution in [0.25, 0.3) is 0 Å². The van der Waals surface area contributed by atoms with E-state index in [4.69, 9.17) is 5.73 Å². The fourth-order valence-electron chi connectivity index (χ4n) is 2.04. The summed E-state index contributed by atoms with van der Waals surface area (Å²) in [6, 6.07) is 6.13. The molecule has 0 heterocycles. The van der Waals surface area contributed by atoms with E-state index in [1.807, 2.05) is 20.8 Å². The first-order valence-corrected chi connectivity index (χ1v) is 6.75. The van der Waals surface area contributed by atoms with E-state index >= 15 is 0 Å². The standard InChI is InChI=1S/C15H23FN2O/c1-4-11(9-17)15(19)18-14(10(2)3)12-5-7-13(16)8-6-12/h5-8,10-11,14H,4,9,17H2,1-3H3,(H,18,19). The molecule has 1 aromatic rings. The van der Waals surface area contributed by atoms with Gasteiger partial charge in [0, 0.05) is 12.5 Å². The van der Waals surface area contributed by atoms with E-state index in [0.717, 1.165) is 12.0 Å². The average Bonchev–Trinajstić information content (AvgIpc) is 2.38. The maximum absolute atomic E-state index is 12.9. The minimum atomic E-state index is -0.272. The lowest BCUT2D eigenvalue weighted by atomic mass is 9.94. The van der Waals surface area contributed by atoms with Gasteiger partial charge in [0.15, 0.2) is 0 Å². The van der Waals surface area contributed by atoms with Crippen molar-refractivity contribution in [3.63, 3.8) is 0 Å². The fourth-order valence-corrected chi connectivity index (χ4v) is 2.04. The van der Waals surface area contributed by atoms with Crippen molar-refractivity contribution in [3.8, 4) is 0 Å². The molecule has 2 atom stereocenters. The van der Waals surface area contributed by atoms with Crippen LogP contribution in [0.3, 0.4) is 0 Å². The molecule has 0 fully saturated rings. The van der Waals surface area contributed by atoms with Crippen molar-refractivity contribution in [2.75, 3.05) is 6.54 Å². The van der Waals surface area contributed by atoms with E-state index in [1.165, 1.54) is 12.1 Å². The van der Waals surface area contributed by atoms with Crippen LogP contribution >= 0.6 is 0 Å². The number of hydrogen-bond donors (Lipinski definition) is 2. The largest absolute Gasteiger partial charge is 0.349 e. The van der Waals surface area contributed by atoms with Crippen molar-refractivity contribution < 1.29 is 9.18 Å². The zero-order valence-corrected chi connectivity index (χ0v) is 11.8. The van der Waals surface area contributed by atoms with Gasteiger partial charge in [-0.1, -0.05) is 32.9 Å². The van der Waals surface area contributed by atoms with Crippen molar-refractivity contribution >= 4 is 5.91 Å². The molecular weight excluding hydrogens is 243 g/mol. The number of carbonyl (C=O) groups is 1. The molecule has 106 valence electrons. The number of rotatable bonds is 6. The Morgan fingerprint density at radius 1 is 1.32 bits per heavy atom. The first-order chi connectivity index (χ1) is 8.99.